The predicted molar refractivity (Wildman–Crippen MR) is 52.4 cm³/mol. The summed E-state index contributed by atoms with van der Waals surface area (Å²) in [4.78, 5) is 11.1. The number of thioether (sulfide) groups is 1. The lowest BCUT2D eigenvalue weighted by Crippen LogP contribution is -2.07. The zero-order chi connectivity index (χ0) is 9.68. The van der Waals surface area contributed by atoms with Crippen molar-refractivity contribution in [3.8, 4) is 0 Å². The standard InChI is InChI=1S/C9H14O3S/c1-12-9(11)7-5-8(13-6-7)3-2-4-10/h6,8,10H,2-5H2,1H3. The van der Waals surface area contributed by atoms with E-state index in [1.807, 2.05) is 5.41 Å². The molecule has 1 aliphatic rings. The fourth-order valence-electron chi connectivity index (χ4n) is 1.27. The van der Waals surface area contributed by atoms with E-state index in [0.717, 1.165) is 24.8 Å². The lowest BCUT2D eigenvalue weighted by molar-refractivity contribution is -0.136. The van der Waals surface area contributed by atoms with Gasteiger partial charge in [0.25, 0.3) is 0 Å². The van der Waals surface area contributed by atoms with Crippen molar-refractivity contribution in [3.63, 3.8) is 0 Å². The lowest BCUT2D eigenvalue weighted by atomic mass is 10.1. The summed E-state index contributed by atoms with van der Waals surface area (Å²) >= 11 is 1.66. The van der Waals surface area contributed by atoms with E-state index in [1.165, 1.54) is 7.11 Å². The molecule has 3 nitrogen and oxygen atoms in total. The Bertz CT molecular complexity index is 213. The first-order chi connectivity index (χ1) is 6.27. The highest BCUT2D eigenvalue weighted by atomic mass is 32.2. The maximum Gasteiger partial charge on any atom is 0.334 e. The Morgan fingerprint density at radius 2 is 2.62 bits per heavy atom. The maximum atomic E-state index is 11.1. The van der Waals surface area contributed by atoms with Crippen molar-refractivity contribution in [1.29, 1.82) is 0 Å². The Morgan fingerprint density at radius 1 is 1.85 bits per heavy atom. The predicted octanol–water partition coefficient (Wildman–Crippen LogP) is 1.32. The molecule has 0 spiro atoms. The van der Waals surface area contributed by atoms with Crippen molar-refractivity contribution in [1.82, 2.24) is 0 Å². The first kappa shape index (κ1) is 10.6. The first-order valence-corrected chi connectivity index (χ1v) is 5.26. The van der Waals surface area contributed by atoms with Crippen LogP contribution in [0.2, 0.25) is 0 Å². The van der Waals surface area contributed by atoms with Gasteiger partial charge in [0.05, 0.1) is 7.11 Å². The molecule has 1 heterocycles. The van der Waals surface area contributed by atoms with Crippen LogP contribution in [0.4, 0.5) is 0 Å². The first-order valence-electron chi connectivity index (χ1n) is 4.31. The van der Waals surface area contributed by atoms with Crippen molar-refractivity contribution >= 4 is 17.7 Å². The molecule has 74 valence electrons. The Balaban J connectivity index is 2.29. The fraction of sp³-hybridized carbons (Fsp3) is 0.667. The summed E-state index contributed by atoms with van der Waals surface area (Å²) in [7, 11) is 1.40. The number of hydrogen-bond acceptors (Lipinski definition) is 4. The number of hydrogen-bond donors (Lipinski definition) is 1. The van der Waals surface area contributed by atoms with Gasteiger partial charge in [0.1, 0.15) is 0 Å². The van der Waals surface area contributed by atoms with Gasteiger partial charge in [-0.25, -0.2) is 4.79 Å². The largest absolute Gasteiger partial charge is 0.466 e. The average Bonchev–Trinajstić information content (AvgIpc) is 2.62. The number of carbonyl (C=O) groups is 1. The van der Waals surface area contributed by atoms with Crippen molar-refractivity contribution in [2.24, 2.45) is 0 Å². The van der Waals surface area contributed by atoms with E-state index >= 15 is 0 Å². The lowest BCUT2D eigenvalue weighted by Gasteiger charge is -2.06. The number of esters is 1. The number of carbonyl (C=O) groups excluding carboxylic acids is 1. The average molecular weight is 202 g/mol. The van der Waals surface area contributed by atoms with Crippen LogP contribution in [0.3, 0.4) is 0 Å². The van der Waals surface area contributed by atoms with Crippen LogP contribution in [-0.2, 0) is 9.53 Å². The maximum absolute atomic E-state index is 11.1. The highest BCUT2D eigenvalue weighted by Gasteiger charge is 2.22. The minimum atomic E-state index is -0.223. The van der Waals surface area contributed by atoms with Crippen LogP contribution in [0.15, 0.2) is 11.0 Å². The van der Waals surface area contributed by atoms with Crippen LogP contribution < -0.4 is 0 Å². The molecule has 0 aliphatic carbocycles. The second kappa shape index (κ2) is 5.29. The van der Waals surface area contributed by atoms with Crippen LogP contribution in [0.1, 0.15) is 19.3 Å². The quantitative estimate of drug-likeness (QED) is 0.698. The van der Waals surface area contributed by atoms with Gasteiger partial charge >= 0.3 is 5.97 Å². The van der Waals surface area contributed by atoms with Gasteiger partial charge in [-0.1, -0.05) is 0 Å². The van der Waals surface area contributed by atoms with Gasteiger partial charge in [0, 0.05) is 17.4 Å². The highest BCUT2D eigenvalue weighted by molar-refractivity contribution is 8.03. The molecule has 0 fully saturated rings. The monoisotopic (exact) mass is 202 g/mol. The van der Waals surface area contributed by atoms with Crippen LogP contribution in [0.25, 0.3) is 0 Å². The normalized spacial score (nSPS) is 21.4. The molecule has 0 aromatic rings. The summed E-state index contributed by atoms with van der Waals surface area (Å²) in [6, 6.07) is 0. The van der Waals surface area contributed by atoms with E-state index in [9.17, 15) is 4.79 Å². The fourth-order valence-corrected chi connectivity index (χ4v) is 2.40. The zero-order valence-corrected chi connectivity index (χ0v) is 8.47. The van der Waals surface area contributed by atoms with Crippen LogP contribution in [-0.4, -0.2) is 30.0 Å². The highest BCUT2D eigenvalue weighted by Crippen LogP contribution is 2.33. The van der Waals surface area contributed by atoms with Crippen LogP contribution in [0.5, 0.6) is 0 Å². The van der Waals surface area contributed by atoms with Gasteiger partial charge in [-0.2, -0.15) is 0 Å². The van der Waals surface area contributed by atoms with E-state index in [1.54, 1.807) is 11.8 Å². The van der Waals surface area contributed by atoms with E-state index in [0.29, 0.717) is 5.25 Å². The molecule has 4 heteroatoms. The summed E-state index contributed by atoms with van der Waals surface area (Å²) in [5.74, 6) is -0.223. The summed E-state index contributed by atoms with van der Waals surface area (Å²) < 4.78 is 4.62. The smallest absolute Gasteiger partial charge is 0.334 e. The molecule has 0 aromatic heterocycles. The van der Waals surface area contributed by atoms with Gasteiger partial charge in [0.2, 0.25) is 0 Å². The summed E-state index contributed by atoms with van der Waals surface area (Å²) in [5, 5.41) is 10.9. The molecule has 0 amide bonds. The Kier molecular flexibility index (Phi) is 4.32. The third-order valence-corrected chi connectivity index (χ3v) is 3.19. The molecular weight excluding hydrogens is 188 g/mol. The Morgan fingerprint density at radius 3 is 3.23 bits per heavy atom. The summed E-state index contributed by atoms with van der Waals surface area (Å²) in [5.41, 5.74) is 0.760. The van der Waals surface area contributed by atoms with Crippen molar-refractivity contribution in [3.05, 3.63) is 11.0 Å². The minimum absolute atomic E-state index is 0.223. The third-order valence-electron chi connectivity index (χ3n) is 1.98. The molecule has 13 heavy (non-hydrogen) atoms. The zero-order valence-electron chi connectivity index (χ0n) is 7.66. The molecule has 1 unspecified atom stereocenters. The SMILES string of the molecule is COC(=O)C1=CSC(CCCO)C1. The van der Waals surface area contributed by atoms with Gasteiger partial charge in [-0.3, -0.25) is 0 Å². The molecule has 0 saturated carbocycles. The van der Waals surface area contributed by atoms with Crippen LogP contribution >= 0.6 is 11.8 Å². The Hall–Kier alpha value is -0.480. The van der Waals surface area contributed by atoms with Crippen molar-refractivity contribution in [2.45, 2.75) is 24.5 Å². The van der Waals surface area contributed by atoms with Crippen molar-refractivity contribution in [2.75, 3.05) is 13.7 Å². The van der Waals surface area contributed by atoms with E-state index < -0.39 is 0 Å². The molecule has 1 atom stereocenters. The summed E-state index contributed by atoms with van der Waals surface area (Å²) in [6.45, 7) is 0.227. The van der Waals surface area contributed by atoms with E-state index in [2.05, 4.69) is 4.74 Å². The van der Waals surface area contributed by atoms with Gasteiger partial charge < -0.3 is 9.84 Å². The topological polar surface area (TPSA) is 46.5 Å². The van der Waals surface area contributed by atoms with Gasteiger partial charge in [0.15, 0.2) is 0 Å². The molecule has 0 radical (unpaired) electrons. The van der Waals surface area contributed by atoms with E-state index in [-0.39, 0.29) is 12.6 Å². The minimum Gasteiger partial charge on any atom is -0.466 e. The van der Waals surface area contributed by atoms with Gasteiger partial charge in [-0.05, 0) is 24.7 Å². The molecule has 0 saturated heterocycles. The number of ether oxygens (including phenoxy) is 1. The molecule has 1 rings (SSSR count). The van der Waals surface area contributed by atoms with Crippen molar-refractivity contribution < 1.29 is 14.6 Å². The molecule has 1 aliphatic heterocycles. The van der Waals surface area contributed by atoms with E-state index in [4.69, 9.17) is 5.11 Å². The second-order valence-electron chi connectivity index (χ2n) is 2.96. The number of rotatable bonds is 4. The van der Waals surface area contributed by atoms with Crippen LogP contribution in [0, 0.1) is 0 Å². The molecular formula is C9H14O3S. The second-order valence-corrected chi connectivity index (χ2v) is 4.14. The van der Waals surface area contributed by atoms with Gasteiger partial charge in [-0.15, -0.1) is 11.8 Å². The third kappa shape index (κ3) is 3.04. The summed E-state index contributed by atoms with van der Waals surface area (Å²) in [6.07, 6.45) is 2.54. The number of aliphatic hydroxyl groups is 1. The number of aliphatic hydroxyl groups excluding tert-OH is 1. The molecule has 0 aromatic carbocycles. The Labute approximate surface area is 82.2 Å². The molecule has 1 N–H and O–H groups in total. The number of methoxy groups -OCH3 is 1. The molecule has 0 bridgehead atoms.